The van der Waals surface area contributed by atoms with Crippen LogP contribution in [0.25, 0.3) is 0 Å². The van der Waals surface area contributed by atoms with Crippen LogP contribution in [0.3, 0.4) is 0 Å². The Kier molecular flexibility index (Phi) is 3.15. The molecule has 7 heteroatoms. The van der Waals surface area contributed by atoms with Crippen molar-refractivity contribution in [2.45, 2.75) is 18.6 Å². The Hall–Kier alpha value is -2.15. The molecule has 1 aliphatic rings. The van der Waals surface area contributed by atoms with Crippen molar-refractivity contribution < 1.29 is 18.7 Å². The first-order valence-corrected chi connectivity index (χ1v) is 5.30. The maximum atomic E-state index is 13.4. The third-order valence-corrected chi connectivity index (χ3v) is 2.62. The molecule has 2 rings (SSSR count). The van der Waals surface area contributed by atoms with Crippen LogP contribution < -0.4 is 21.5 Å². The number of hydrogen-bond acceptors (Lipinski definition) is 4. The first kappa shape index (κ1) is 12.3. The molecule has 0 aliphatic carbocycles. The quantitative estimate of drug-likeness (QED) is 0.689. The summed E-state index contributed by atoms with van der Waals surface area (Å²) in [6.45, 7) is 0. The smallest absolute Gasteiger partial charge is 0.265 e. The maximum absolute atomic E-state index is 13.4. The average Bonchev–Trinajstić information content (AvgIpc) is 2.31. The first-order valence-electron chi connectivity index (χ1n) is 5.30. The molecule has 1 aromatic carbocycles. The third-order valence-electron chi connectivity index (χ3n) is 2.62. The zero-order valence-corrected chi connectivity index (χ0v) is 9.35. The van der Waals surface area contributed by atoms with Crippen LogP contribution in [0.15, 0.2) is 18.2 Å². The third kappa shape index (κ3) is 2.25. The molecule has 0 spiro atoms. The highest BCUT2D eigenvalue weighted by Crippen LogP contribution is 2.32. The van der Waals surface area contributed by atoms with Crippen molar-refractivity contribution >= 4 is 17.5 Å². The summed E-state index contributed by atoms with van der Waals surface area (Å²) >= 11 is 0. The van der Waals surface area contributed by atoms with Gasteiger partial charge in [0.2, 0.25) is 5.91 Å². The highest BCUT2D eigenvalue weighted by atomic mass is 19.1. The van der Waals surface area contributed by atoms with Gasteiger partial charge in [-0.3, -0.25) is 9.59 Å². The van der Waals surface area contributed by atoms with Gasteiger partial charge < -0.3 is 21.5 Å². The fourth-order valence-electron chi connectivity index (χ4n) is 1.64. The molecule has 0 fully saturated rings. The SMILES string of the molecule is NC(=O)C(N)C[C@@H]1Oc2cccc(F)c2NC1=O. The number of ether oxygens (including phenoxy) is 1. The molecule has 0 saturated heterocycles. The van der Waals surface area contributed by atoms with Crippen LogP contribution in [0.5, 0.6) is 5.75 Å². The number of benzene rings is 1. The van der Waals surface area contributed by atoms with Crippen LogP contribution in [-0.4, -0.2) is 24.0 Å². The second-order valence-corrected chi connectivity index (χ2v) is 3.95. The van der Waals surface area contributed by atoms with Gasteiger partial charge in [0.1, 0.15) is 11.4 Å². The summed E-state index contributed by atoms with van der Waals surface area (Å²) in [6.07, 6.45) is -1.02. The minimum atomic E-state index is -0.990. The summed E-state index contributed by atoms with van der Waals surface area (Å²) in [6, 6.07) is 3.19. The Morgan fingerprint density at radius 3 is 2.94 bits per heavy atom. The number of amides is 2. The van der Waals surface area contributed by atoms with Crippen molar-refractivity contribution in [2.24, 2.45) is 11.5 Å². The molecule has 0 saturated carbocycles. The highest BCUT2D eigenvalue weighted by molar-refractivity contribution is 5.98. The van der Waals surface area contributed by atoms with Crippen molar-refractivity contribution in [1.82, 2.24) is 0 Å². The Morgan fingerprint density at radius 2 is 2.28 bits per heavy atom. The van der Waals surface area contributed by atoms with Gasteiger partial charge in [-0.2, -0.15) is 0 Å². The molecular weight excluding hydrogens is 241 g/mol. The van der Waals surface area contributed by atoms with Crippen LogP contribution in [0, 0.1) is 5.82 Å². The van der Waals surface area contributed by atoms with Gasteiger partial charge >= 0.3 is 0 Å². The van der Waals surface area contributed by atoms with E-state index in [0.717, 1.165) is 0 Å². The zero-order valence-electron chi connectivity index (χ0n) is 9.35. The summed E-state index contributed by atoms with van der Waals surface area (Å²) in [5.41, 5.74) is 10.4. The molecule has 1 aliphatic heterocycles. The van der Waals surface area contributed by atoms with E-state index in [1.54, 1.807) is 0 Å². The van der Waals surface area contributed by atoms with E-state index in [-0.39, 0.29) is 17.9 Å². The van der Waals surface area contributed by atoms with Crippen LogP contribution in [0.4, 0.5) is 10.1 Å². The predicted octanol–water partition coefficient (Wildman–Crippen LogP) is -0.272. The number of carbonyl (C=O) groups is 2. The van der Waals surface area contributed by atoms with Gasteiger partial charge in [-0.1, -0.05) is 6.07 Å². The van der Waals surface area contributed by atoms with Crippen LogP contribution in [-0.2, 0) is 9.59 Å². The van der Waals surface area contributed by atoms with Gasteiger partial charge in [0, 0.05) is 6.42 Å². The van der Waals surface area contributed by atoms with E-state index < -0.39 is 29.8 Å². The number of halogens is 1. The number of rotatable bonds is 3. The molecule has 2 atom stereocenters. The van der Waals surface area contributed by atoms with Gasteiger partial charge in [-0.15, -0.1) is 0 Å². The molecule has 96 valence electrons. The van der Waals surface area contributed by atoms with Gasteiger partial charge in [-0.25, -0.2) is 4.39 Å². The molecule has 1 heterocycles. The predicted molar refractivity (Wildman–Crippen MR) is 61.2 cm³/mol. The lowest BCUT2D eigenvalue weighted by Crippen LogP contribution is -2.46. The van der Waals surface area contributed by atoms with E-state index in [1.807, 2.05) is 0 Å². The molecule has 1 unspecified atom stereocenters. The van der Waals surface area contributed by atoms with Crippen molar-refractivity contribution in [3.05, 3.63) is 24.0 Å². The first-order chi connectivity index (χ1) is 8.49. The maximum Gasteiger partial charge on any atom is 0.265 e. The van der Waals surface area contributed by atoms with Crippen molar-refractivity contribution in [3.8, 4) is 5.75 Å². The van der Waals surface area contributed by atoms with Gasteiger partial charge in [0.05, 0.1) is 6.04 Å². The zero-order chi connectivity index (χ0) is 13.3. The second kappa shape index (κ2) is 4.61. The largest absolute Gasteiger partial charge is 0.478 e. The molecule has 6 nitrogen and oxygen atoms in total. The van der Waals surface area contributed by atoms with Crippen molar-refractivity contribution in [2.75, 3.05) is 5.32 Å². The van der Waals surface area contributed by atoms with Gasteiger partial charge in [0.25, 0.3) is 5.91 Å². The lowest BCUT2D eigenvalue weighted by Gasteiger charge is -2.27. The minimum Gasteiger partial charge on any atom is -0.478 e. The molecule has 2 amide bonds. The molecule has 1 aromatic rings. The summed E-state index contributed by atoms with van der Waals surface area (Å²) in [7, 11) is 0. The number of nitrogens with one attached hydrogen (secondary N) is 1. The monoisotopic (exact) mass is 253 g/mol. The summed E-state index contributed by atoms with van der Waals surface area (Å²) in [4.78, 5) is 22.5. The summed E-state index contributed by atoms with van der Waals surface area (Å²) in [5, 5.41) is 2.38. The van der Waals surface area contributed by atoms with Crippen molar-refractivity contribution in [3.63, 3.8) is 0 Å². The topological polar surface area (TPSA) is 107 Å². The summed E-state index contributed by atoms with van der Waals surface area (Å²) < 4.78 is 18.7. The molecule has 0 radical (unpaired) electrons. The number of hydrogen-bond donors (Lipinski definition) is 3. The van der Waals surface area contributed by atoms with E-state index in [9.17, 15) is 14.0 Å². The Labute approximate surface area is 102 Å². The molecule has 18 heavy (non-hydrogen) atoms. The minimum absolute atomic E-state index is 0.00797. The average molecular weight is 253 g/mol. The van der Waals surface area contributed by atoms with Crippen LogP contribution >= 0.6 is 0 Å². The van der Waals surface area contributed by atoms with E-state index in [0.29, 0.717) is 0 Å². The Bertz CT molecular complexity index is 506. The van der Waals surface area contributed by atoms with Crippen LogP contribution in [0.1, 0.15) is 6.42 Å². The Morgan fingerprint density at radius 1 is 1.56 bits per heavy atom. The number of para-hydroxylation sites is 1. The number of primary amides is 1. The molecule has 0 aromatic heterocycles. The van der Waals surface area contributed by atoms with E-state index in [1.165, 1.54) is 18.2 Å². The second-order valence-electron chi connectivity index (χ2n) is 3.95. The fraction of sp³-hybridized carbons (Fsp3) is 0.273. The number of fused-ring (bicyclic) bond motifs is 1. The lowest BCUT2D eigenvalue weighted by molar-refractivity contribution is -0.125. The van der Waals surface area contributed by atoms with Crippen LogP contribution in [0.2, 0.25) is 0 Å². The number of nitrogens with two attached hydrogens (primary N) is 2. The number of anilines is 1. The molecular formula is C11H12FN3O3. The van der Waals surface area contributed by atoms with E-state index in [4.69, 9.17) is 16.2 Å². The molecule has 0 bridgehead atoms. The summed E-state index contributed by atoms with van der Waals surface area (Å²) in [5.74, 6) is -1.66. The lowest BCUT2D eigenvalue weighted by atomic mass is 10.1. The fourth-order valence-corrected chi connectivity index (χ4v) is 1.64. The number of carbonyl (C=O) groups excluding carboxylic acids is 2. The highest BCUT2D eigenvalue weighted by Gasteiger charge is 2.31. The van der Waals surface area contributed by atoms with E-state index in [2.05, 4.69) is 5.32 Å². The Balaban J connectivity index is 2.18. The van der Waals surface area contributed by atoms with Gasteiger partial charge in [0.15, 0.2) is 11.9 Å². The van der Waals surface area contributed by atoms with Crippen molar-refractivity contribution in [1.29, 1.82) is 0 Å². The van der Waals surface area contributed by atoms with Gasteiger partial charge in [-0.05, 0) is 12.1 Å². The van der Waals surface area contributed by atoms with E-state index >= 15 is 0 Å². The normalized spacial score (nSPS) is 19.4. The molecule has 5 N–H and O–H groups in total. The standard InChI is InChI=1S/C11H12FN3O3/c12-5-2-1-3-7-9(5)15-11(17)8(18-7)4-6(13)10(14)16/h1-3,6,8H,4,13H2,(H2,14,16)(H,15,17)/t6?,8-/m0/s1.